The lowest BCUT2D eigenvalue weighted by Crippen LogP contribution is -2.40. The normalized spacial score (nSPS) is 13.1. The molecule has 0 fully saturated rings. The van der Waals surface area contributed by atoms with Gasteiger partial charge in [-0.1, -0.05) is 30.3 Å². The summed E-state index contributed by atoms with van der Waals surface area (Å²) in [6.07, 6.45) is 2.54. The van der Waals surface area contributed by atoms with Crippen LogP contribution >= 0.6 is 0 Å². The number of hydrogen-bond donors (Lipinski definition) is 0. The predicted octanol–water partition coefficient (Wildman–Crippen LogP) is 3.64. The topological polar surface area (TPSA) is 107 Å². The molecule has 0 N–H and O–H groups in total. The third-order valence-corrected chi connectivity index (χ3v) is 4.93. The minimum atomic E-state index is -0.655. The van der Waals surface area contributed by atoms with Crippen molar-refractivity contribution in [3.63, 3.8) is 0 Å². The van der Waals surface area contributed by atoms with Gasteiger partial charge in [0.2, 0.25) is 0 Å². The van der Waals surface area contributed by atoms with E-state index in [2.05, 4.69) is 0 Å². The van der Waals surface area contributed by atoms with E-state index < -0.39 is 22.7 Å². The Bertz CT molecular complexity index is 1200. The summed E-state index contributed by atoms with van der Waals surface area (Å²) in [4.78, 5) is 48.7. The van der Waals surface area contributed by atoms with Gasteiger partial charge in [-0.3, -0.25) is 24.6 Å². The largest absolute Gasteiger partial charge is 0.458 e. The average Bonchev–Trinajstić information content (AvgIpc) is 2.78. The van der Waals surface area contributed by atoms with Crippen molar-refractivity contribution in [1.29, 1.82) is 0 Å². The first-order valence-corrected chi connectivity index (χ1v) is 9.40. The monoisotopic (exact) mass is 416 g/mol. The van der Waals surface area contributed by atoms with Crippen molar-refractivity contribution in [2.24, 2.45) is 0 Å². The number of hydrogen-bond acceptors (Lipinski definition) is 6. The molecule has 0 radical (unpaired) electrons. The van der Waals surface area contributed by atoms with Gasteiger partial charge in [0.1, 0.15) is 6.61 Å². The molecule has 4 rings (SSSR count). The van der Waals surface area contributed by atoms with E-state index in [1.807, 2.05) is 12.1 Å². The lowest BCUT2D eigenvalue weighted by atomic mass is 9.94. The van der Waals surface area contributed by atoms with Crippen LogP contribution in [0, 0.1) is 10.1 Å². The van der Waals surface area contributed by atoms with Gasteiger partial charge in [0, 0.05) is 41.3 Å². The number of esters is 1. The number of nitro benzene ring substituents is 1. The zero-order chi connectivity index (χ0) is 22.0. The van der Waals surface area contributed by atoms with Crippen molar-refractivity contribution in [2.75, 3.05) is 6.54 Å². The lowest BCUT2D eigenvalue weighted by Gasteiger charge is -2.26. The molecule has 0 unspecified atom stereocenters. The van der Waals surface area contributed by atoms with E-state index in [1.54, 1.807) is 24.3 Å². The number of nitrogens with zero attached hydrogens (tertiary/aromatic N) is 2. The van der Waals surface area contributed by atoms with Crippen LogP contribution in [-0.2, 0) is 16.1 Å². The van der Waals surface area contributed by atoms with Gasteiger partial charge < -0.3 is 4.74 Å². The molecule has 8 heteroatoms. The Morgan fingerprint density at radius 1 is 0.968 bits per heavy atom. The van der Waals surface area contributed by atoms with E-state index in [0.717, 1.165) is 16.4 Å². The van der Waals surface area contributed by atoms with Gasteiger partial charge in [0.15, 0.2) is 0 Å². The second-order valence-corrected chi connectivity index (χ2v) is 6.86. The molecular formula is C23H16N2O6. The summed E-state index contributed by atoms with van der Waals surface area (Å²) in [6, 6.07) is 16.2. The molecule has 0 spiro atoms. The van der Waals surface area contributed by atoms with Crippen molar-refractivity contribution < 1.29 is 24.0 Å². The molecule has 1 aliphatic heterocycles. The summed E-state index contributed by atoms with van der Waals surface area (Å²) >= 11 is 0. The second-order valence-electron chi connectivity index (χ2n) is 6.86. The highest BCUT2D eigenvalue weighted by Crippen LogP contribution is 2.29. The summed E-state index contributed by atoms with van der Waals surface area (Å²) < 4.78 is 5.09. The minimum Gasteiger partial charge on any atom is -0.458 e. The molecule has 154 valence electrons. The maximum Gasteiger partial charge on any atom is 0.330 e. The first-order chi connectivity index (χ1) is 15.0. The number of ether oxygens (including phenoxy) is 1. The van der Waals surface area contributed by atoms with Gasteiger partial charge >= 0.3 is 5.97 Å². The van der Waals surface area contributed by atoms with Crippen LogP contribution in [0.4, 0.5) is 5.69 Å². The van der Waals surface area contributed by atoms with E-state index in [0.29, 0.717) is 22.1 Å². The Morgan fingerprint density at radius 2 is 1.58 bits per heavy atom. The van der Waals surface area contributed by atoms with Crippen molar-refractivity contribution in [3.8, 4) is 0 Å². The highest BCUT2D eigenvalue weighted by atomic mass is 16.6. The number of benzene rings is 3. The maximum absolute atomic E-state index is 12.8. The first kappa shape index (κ1) is 20.0. The van der Waals surface area contributed by atoms with Gasteiger partial charge in [-0.05, 0) is 35.2 Å². The Balaban J connectivity index is 1.39. The van der Waals surface area contributed by atoms with E-state index in [1.165, 1.54) is 30.3 Å². The van der Waals surface area contributed by atoms with Gasteiger partial charge in [0.05, 0.1) is 4.92 Å². The quantitative estimate of drug-likeness (QED) is 0.200. The minimum absolute atomic E-state index is 0.0527. The number of nitro groups is 1. The Kier molecular flexibility index (Phi) is 5.28. The average molecular weight is 416 g/mol. The molecule has 1 aliphatic rings. The molecule has 1 heterocycles. The smallest absolute Gasteiger partial charge is 0.330 e. The fourth-order valence-electron chi connectivity index (χ4n) is 3.42. The summed E-state index contributed by atoms with van der Waals surface area (Å²) in [5.41, 5.74) is 1.44. The number of rotatable bonds is 6. The van der Waals surface area contributed by atoms with Gasteiger partial charge in [-0.25, -0.2) is 4.79 Å². The zero-order valence-corrected chi connectivity index (χ0v) is 16.2. The Labute approximate surface area is 176 Å². The van der Waals surface area contributed by atoms with Crippen LogP contribution < -0.4 is 0 Å². The van der Waals surface area contributed by atoms with E-state index in [-0.39, 0.29) is 18.8 Å². The van der Waals surface area contributed by atoms with E-state index in [9.17, 15) is 24.5 Å². The highest BCUT2D eigenvalue weighted by molar-refractivity contribution is 6.25. The lowest BCUT2D eigenvalue weighted by molar-refractivity contribution is -0.384. The summed E-state index contributed by atoms with van der Waals surface area (Å²) in [7, 11) is 0. The molecule has 3 aromatic rings. The third-order valence-electron chi connectivity index (χ3n) is 4.93. The number of non-ortho nitro benzene ring substituents is 1. The van der Waals surface area contributed by atoms with Crippen LogP contribution in [0.1, 0.15) is 26.3 Å². The van der Waals surface area contributed by atoms with Crippen molar-refractivity contribution in [3.05, 3.63) is 99.6 Å². The fraction of sp³-hybridized carbons (Fsp3) is 0.0870. The fourth-order valence-corrected chi connectivity index (χ4v) is 3.42. The van der Waals surface area contributed by atoms with Crippen molar-refractivity contribution in [2.45, 2.75) is 6.61 Å². The summed E-state index contributed by atoms with van der Waals surface area (Å²) in [5.74, 6) is -1.49. The molecule has 8 nitrogen and oxygen atoms in total. The highest BCUT2D eigenvalue weighted by Gasteiger charge is 2.31. The first-order valence-electron chi connectivity index (χ1n) is 9.40. The molecule has 0 bridgehead atoms. The SMILES string of the molecule is O=C(C=CCN1C(=O)c2cccc3cccc(c23)C1=O)OCc1ccc([N+](=O)[O-])cc1. The number of carbonyl (C=O) groups is 3. The van der Waals surface area contributed by atoms with Crippen LogP contribution in [0.3, 0.4) is 0 Å². The number of imide groups is 1. The number of amides is 2. The molecule has 3 aromatic carbocycles. The zero-order valence-electron chi connectivity index (χ0n) is 16.2. The van der Waals surface area contributed by atoms with E-state index in [4.69, 9.17) is 4.74 Å². The van der Waals surface area contributed by atoms with Crippen molar-refractivity contribution >= 4 is 34.2 Å². The number of carbonyl (C=O) groups excluding carboxylic acids is 3. The molecule has 0 aliphatic carbocycles. The Morgan fingerprint density at radius 3 is 2.16 bits per heavy atom. The molecule has 31 heavy (non-hydrogen) atoms. The van der Waals surface area contributed by atoms with Crippen LogP contribution in [0.5, 0.6) is 0 Å². The standard InChI is InChI=1S/C23H16N2O6/c26-20(31-14-15-9-11-17(12-10-15)25(29)30)8-3-13-24-22(27)18-6-1-4-16-5-2-7-19(21(16)18)23(24)28/h1-12H,13-14H2. The van der Waals surface area contributed by atoms with E-state index >= 15 is 0 Å². The Hall–Kier alpha value is -4.33. The van der Waals surface area contributed by atoms with Crippen LogP contribution in [-0.4, -0.2) is 34.2 Å². The predicted molar refractivity (Wildman–Crippen MR) is 111 cm³/mol. The second kappa shape index (κ2) is 8.19. The molecule has 0 saturated carbocycles. The summed E-state index contributed by atoms with van der Waals surface area (Å²) in [6.45, 7) is -0.132. The maximum atomic E-state index is 12.8. The van der Waals surface area contributed by atoms with Crippen molar-refractivity contribution in [1.82, 2.24) is 4.90 Å². The molecular weight excluding hydrogens is 400 g/mol. The molecule has 0 aromatic heterocycles. The van der Waals surface area contributed by atoms with Crippen LogP contribution in [0.15, 0.2) is 72.8 Å². The molecule has 0 atom stereocenters. The third kappa shape index (κ3) is 3.91. The van der Waals surface area contributed by atoms with Gasteiger partial charge in [-0.2, -0.15) is 0 Å². The molecule has 0 saturated heterocycles. The molecule has 2 amide bonds. The van der Waals surface area contributed by atoms with Crippen LogP contribution in [0.2, 0.25) is 0 Å². The summed E-state index contributed by atoms with van der Waals surface area (Å²) in [5, 5.41) is 12.1. The van der Waals surface area contributed by atoms with Gasteiger partial charge in [0.25, 0.3) is 17.5 Å². The van der Waals surface area contributed by atoms with Crippen LogP contribution in [0.25, 0.3) is 10.8 Å². The van der Waals surface area contributed by atoms with Gasteiger partial charge in [-0.15, -0.1) is 0 Å².